The molecule has 5 heteroatoms. The molecule has 1 unspecified atom stereocenters. The number of rotatable bonds is 3. The minimum Gasteiger partial charge on any atom is -0.344 e. The zero-order chi connectivity index (χ0) is 13.7. The van der Waals surface area contributed by atoms with Gasteiger partial charge in [-0.15, -0.1) is 0 Å². The van der Waals surface area contributed by atoms with Crippen LogP contribution in [0.5, 0.6) is 0 Å². The lowest BCUT2D eigenvalue weighted by molar-refractivity contribution is -0.137. The van der Waals surface area contributed by atoms with Crippen molar-refractivity contribution in [3.63, 3.8) is 0 Å². The average Bonchev–Trinajstić information content (AvgIpc) is 2.77. The lowest BCUT2D eigenvalue weighted by Crippen LogP contribution is -2.52. The third-order valence-corrected chi connectivity index (χ3v) is 4.15. The summed E-state index contributed by atoms with van der Waals surface area (Å²) in [6.07, 6.45) is 5.46. The van der Waals surface area contributed by atoms with Gasteiger partial charge in [0.05, 0.1) is 0 Å². The molecule has 2 amide bonds. The zero-order valence-electron chi connectivity index (χ0n) is 11.8. The molecule has 19 heavy (non-hydrogen) atoms. The number of carbonyl (C=O) groups excluding carboxylic acids is 2. The molecule has 5 nitrogen and oxygen atoms in total. The summed E-state index contributed by atoms with van der Waals surface area (Å²) in [5.41, 5.74) is 0. The Morgan fingerprint density at radius 3 is 2.58 bits per heavy atom. The molecule has 0 radical (unpaired) electrons. The Morgan fingerprint density at radius 2 is 1.89 bits per heavy atom. The smallest absolute Gasteiger partial charge is 0.245 e. The summed E-state index contributed by atoms with van der Waals surface area (Å²) in [5, 5.41) is 6.19. The van der Waals surface area contributed by atoms with Crippen molar-refractivity contribution in [1.82, 2.24) is 15.5 Å². The van der Waals surface area contributed by atoms with Gasteiger partial charge in [0.15, 0.2) is 0 Å². The number of carbonyl (C=O) groups is 2. The maximum absolute atomic E-state index is 12.7. The third kappa shape index (κ3) is 3.93. The molecular formula is C14H25N3O2. The molecule has 1 heterocycles. The fourth-order valence-electron chi connectivity index (χ4n) is 3.15. The standard InChI is InChI=1S/C14H25N3O2/c1-11(18)16-13(12-5-2-3-6-12)14(19)17-9-4-7-15-8-10-17/h12-13,15H,2-10H2,1H3,(H,16,18). The maximum atomic E-state index is 12.7. The fraction of sp³-hybridized carbons (Fsp3) is 0.857. The first kappa shape index (κ1) is 14.3. The third-order valence-electron chi connectivity index (χ3n) is 4.15. The van der Waals surface area contributed by atoms with Crippen molar-refractivity contribution in [1.29, 1.82) is 0 Å². The van der Waals surface area contributed by atoms with Crippen LogP contribution in [0.3, 0.4) is 0 Å². The molecule has 0 aromatic rings. The van der Waals surface area contributed by atoms with Gasteiger partial charge >= 0.3 is 0 Å². The van der Waals surface area contributed by atoms with Crippen molar-refractivity contribution < 1.29 is 9.59 Å². The normalized spacial score (nSPS) is 22.9. The first-order valence-electron chi connectivity index (χ1n) is 7.45. The highest BCUT2D eigenvalue weighted by Gasteiger charge is 2.34. The Morgan fingerprint density at radius 1 is 1.16 bits per heavy atom. The molecule has 2 rings (SSSR count). The minimum atomic E-state index is -0.307. The average molecular weight is 267 g/mol. The minimum absolute atomic E-state index is 0.0989. The van der Waals surface area contributed by atoms with Gasteiger partial charge in [-0.05, 0) is 31.7 Å². The Hall–Kier alpha value is -1.10. The van der Waals surface area contributed by atoms with Crippen LogP contribution >= 0.6 is 0 Å². The number of amides is 2. The van der Waals surface area contributed by atoms with Crippen LogP contribution in [0.25, 0.3) is 0 Å². The summed E-state index contributed by atoms with van der Waals surface area (Å²) < 4.78 is 0. The van der Waals surface area contributed by atoms with Gasteiger partial charge in [0.25, 0.3) is 0 Å². The van der Waals surface area contributed by atoms with Gasteiger partial charge in [-0.3, -0.25) is 9.59 Å². The zero-order valence-corrected chi connectivity index (χ0v) is 11.8. The lowest BCUT2D eigenvalue weighted by atomic mass is 9.96. The second-order valence-electron chi connectivity index (χ2n) is 5.65. The number of nitrogens with one attached hydrogen (secondary N) is 2. The Kier molecular flexibility index (Phi) is 5.19. The van der Waals surface area contributed by atoms with Crippen LogP contribution in [0, 0.1) is 5.92 Å². The van der Waals surface area contributed by atoms with Gasteiger partial charge in [0.1, 0.15) is 6.04 Å². The fourth-order valence-corrected chi connectivity index (χ4v) is 3.15. The first-order valence-corrected chi connectivity index (χ1v) is 7.45. The van der Waals surface area contributed by atoms with E-state index < -0.39 is 0 Å². The molecule has 1 saturated heterocycles. The Bertz CT molecular complexity index is 319. The van der Waals surface area contributed by atoms with E-state index in [0.29, 0.717) is 5.92 Å². The van der Waals surface area contributed by atoms with Crippen molar-refractivity contribution in [2.45, 2.75) is 45.1 Å². The quantitative estimate of drug-likeness (QED) is 0.783. The van der Waals surface area contributed by atoms with Crippen LogP contribution in [0.2, 0.25) is 0 Å². The van der Waals surface area contributed by atoms with Crippen molar-refractivity contribution in [2.75, 3.05) is 26.2 Å². The molecule has 0 spiro atoms. The summed E-state index contributed by atoms with van der Waals surface area (Å²) in [7, 11) is 0. The summed E-state index contributed by atoms with van der Waals surface area (Å²) in [6, 6.07) is -0.307. The summed E-state index contributed by atoms with van der Waals surface area (Å²) in [4.78, 5) is 25.9. The molecule has 2 N–H and O–H groups in total. The van der Waals surface area contributed by atoms with E-state index in [1.165, 1.54) is 19.8 Å². The predicted octanol–water partition coefficient (Wildman–Crippen LogP) is 0.503. The highest BCUT2D eigenvalue weighted by Crippen LogP contribution is 2.28. The Labute approximate surface area is 115 Å². The van der Waals surface area contributed by atoms with Crippen LogP contribution in [0.1, 0.15) is 39.0 Å². The van der Waals surface area contributed by atoms with Crippen molar-refractivity contribution >= 4 is 11.8 Å². The molecule has 1 aliphatic heterocycles. The van der Waals surface area contributed by atoms with E-state index >= 15 is 0 Å². The van der Waals surface area contributed by atoms with Crippen molar-refractivity contribution in [3.05, 3.63) is 0 Å². The maximum Gasteiger partial charge on any atom is 0.245 e. The van der Waals surface area contributed by atoms with Gasteiger partial charge in [0.2, 0.25) is 11.8 Å². The number of nitrogens with zero attached hydrogens (tertiary/aromatic N) is 1. The van der Waals surface area contributed by atoms with Crippen LogP contribution in [0.15, 0.2) is 0 Å². The lowest BCUT2D eigenvalue weighted by Gasteiger charge is -2.29. The van der Waals surface area contributed by atoms with E-state index in [0.717, 1.165) is 45.4 Å². The molecular weight excluding hydrogens is 242 g/mol. The van der Waals surface area contributed by atoms with Crippen molar-refractivity contribution in [3.8, 4) is 0 Å². The molecule has 0 aromatic carbocycles. The molecule has 2 fully saturated rings. The monoisotopic (exact) mass is 267 g/mol. The van der Waals surface area contributed by atoms with Crippen molar-refractivity contribution in [2.24, 2.45) is 5.92 Å². The van der Waals surface area contributed by atoms with E-state index in [9.17, 15) is 9.59 Å². The molecule has 2 aliphatic rings. The predicted molar refractivity (Wildman–Crippen MR) is 73.6 cm³/mol. The number of hydrogen-bond acceptors (Lipinski definition) is 3. The topological polar surface area (TPSA) is 61.4 Å². The number of hydrogen-bond donors (Lipinski definition) is 2. The summed E-state index contributed by atoms with van der Waals surface area (Å²) in [6.45, 7) is 4.87. The molecule has 0 aromatic heterocycles. The highest BCUT2D eigenvalue weighted by atomic mass is 16.2. The van der Waals surface area contributed by atoms with E-state index in [4.69, 9.17) is 0 Å². The molecule has 0 bridgehead atoms. The second-order valence-corrected chi connectivity index (χ2v) is 5.65. The summed E-state index contributed by atoms with van der Waals surface area (Å²) >= 11 is 0. The van der Waals surface area contributed by atoms with Gasteiger partial charge in [-0.1, -0.05) is 12.8 Å². The van der Waals surface area contributed by atoms with E-state index in [2.05, 4.69) is 10.6 Å². The van der Waals surface area contributed by atoms with Crippen LogP contribution in [0.4, 0.5) is 0 Å². The summed E-state index contributed by atoms with van der Waals surface area (Å²) in [5.74, 6) is 0.344. The molecule has 1 aliphatic carbocycles. The SMILES string of the molecule is CC(=O)NC(C(=O)N1CCCNCC1)C1CCCC1. The van der Waals surface area contributed by atoms with Crippen LogP contribution in [-0.4, -0.2) is 48.9 Å². The van der Waals surface area contributed by atoms with E-state index in [1.807, 2.05) is 4.90 Å². The van der Waals surface area contributed by atoms with Gasteiger partial charge in [-0.25, -0.2) is 0 Å². The molecule has 108 valence electrons. The first-order chi connectivity index (χ1) is 9.18. The Balaban J connectivity index is 2.02. The molecule has 1 saturated carbocycles. The highest BCUT2D eigenvalue weighted by molar-refractivity contribution is 5.87. The van der Waals surface area contributed by atoms with Crippen LogP contribution < -0.4 is 10.6 Å². The van der Waals surface area contributed by atoms with Gasteiger partial charge in [-0.2, -0.15) is 0 Å². The van der Waals surface area contributed by atoms with E-state index in [-0.39, 0.29) is 17.9 Å². The second kappa shape index (κ2) is 6.89. The molecule has 1 atom stereocenters. The van der Waals surface area contributed by atoms with E-state index in [1.54, 1.807) is 0 Å². The van der Waals surface area contributed by atoms with Gasteiger partial charge < -0.3 is 15.5 Å². The largest absolute Gasteiger partial charge is 0.344 e. The van der Waals surface area contributed by atoms with Gasteiger partial charge in [0, 0.05) is 26.6 Å². The van der Waals surface area contributed by atoms with Crippen LogP contribution in [-0.2, 0) is 9.59 Å².